The van der Waals surface area contributed by atoms with Gasteiger partial charge in [-0.25, -0.2) is 4.98 Å². The van der Waals surface area contributed by atoms with Crippen LogP contribution in [0.1, 0.15) is 23.2 Å². The molecule has 1 amide bonds. The van der Waals surface area contributed by atoms with Gasteiger partial charge in [-0.3, -0.25) is 4.79 Å². The number of carbonyl (C=O) groups excluding carboxylic acids is 1. The first kappa shape index (κ1) is 18.0. The molecule has 2 aromatic heterocycles. The molecule has 0 spiro atoms. The molecule has 0 aliphatic rings. The number of ether oxygens (including phenoxy) is 2. The molecule has 6 nitrogen and oxygen atoms in total. The fraction of sp³-hybridized carbons (Fsp3) is 0.158. The molecule has 0 atom stereocenters. The third kappa shape index (κ3) is 4.86. The Morgan fingerprint density at radius 1 is 1.08 bits per heavy atom. The van der Waals surface area contributed by atoms with Crippen molar-refractivity contribution in [2.45, 2.75) is 13.5 Å². The van der Waals surface area contributed by atoms with Crippen LogP contribution in [-0.4, -0.2) is 17.5 Å². The van der Waals surface area contributed by atoms with Crippen molar-refractivity contribution >= 4 is 27.7 Å². The SMILES string of the molecule is CCOc1ccc(OCc2ccc(C(=O)Nc3ccc(Br)cn3)o2)cc1. The number of pyridine rings is 1. The highest BCUT2D eigenvalue weighted by Crippen LogP contribution is 2.19. The number of rotatable bonds is 7. The fourth-order valence-corrected chi connectivity index (χ4v) is 2.39. The number of aromatic nitrogens is 1. The van der Waals surface area contributed by atoms with E-state index in [4.69, 9.17) is 13.9 Å². The molecule has 0 aliphatic carbocycles. The lowest BCUT2D eigenvalue weighted by atomic mass is 10.3. The normalized spacial score (nSPS) is 10.4. The Hall–Kier alpha value is -2.80. The van der Waals surface area contributed by atoms with Gasteiger partial charge in [0.25, 0.3) is 5.91 Å². The summed E-state index contributed by atoms with van der Waals surface area (Å²) < 4.78 is 17.4. The van der Waals surface area contributed by atoms with Crippen molar-refractivity contribution in [3.63, 3.8) is 0 Å². The average Bonchev–Trinajstić information content (AvgIpc) is 3.12. The Kier molecular flexibility index (Phi) is 5.91. The Labute approximate surface area is 159 Å². The van der Waals surface area contributed by atoms with Crippen LogP contribution in [0.3, 0.4) is 0 Å². The van der Waals surface area contributed by atoms with E-state index < -0.39 is 0 Å². The molecule has 0 saturated heterocycles. The Morgan fingerprint density at radius 2 is 1.81 bits per heavy atom. The van der Waals surface area contributed by atoms with Crippen LogP contribution < -0.4 is 14.8 Å². The van der Waals surface area contributed by atoms with Crippen molar-refractivity contribution < 1.29 is 18.7 Å². The van der Waals surface area contributed by atoms with Crippen LogP contribution in [0.5, 0.6) is 11.5 Å². The first-order valence-corrected chi connectivity index (χ1v) is 8.80. The smallest absolute Gasteiger partial charge is 0.292 e. The Bertz CT molecular complexity index is 860. The largest absolute Gasteiger partial charge is 0.494 e. The monoisotopic (exact) mass is 416 g/mol. The van der Waals surface area contributed by atoms with Crippen molar-refractivity contribution in [1.82, 2.24) is 4.98 Å². The van der Waals surface area contributed by atoms with Gasteiger partial charge in [-0.2, -0.15) is 0 Å². The lowest BCUT2D eigenvalue weighted by molar-refractivity contribution is 0.0992. The number of hydrogen-bond acceptors (Lipinski definition) is 5. The Balaban J connectivity index is 1.55. The maximum Gasteiger partial charge on any atom is 0.292 e. The molecule has 1 aromatic carbocycles. The minimum Gasteiger partial charge on any atom is -0.494 e. The highest BCUT2D eigenvalue weighted by molar-refractivity contribution is 9.10. The first-order chi connectivity index (χ1) is 12.6. The summed E-state index contributed by atoms with van der Waals surface area (Å²) in [6.45, 7) is 2.77. The topological polar surface area (TPSA) is 73.6 Å². The predicted octanol–water partition coefficient (Wildman–Crippen LogP) is 4.67. The molecule has 1 N–H and O–H groups in total. The highest BCUT2D eigenvalue weighted by Gasteiger charge is 2.12. The quantitative estimate of drug-likeness (QED) is 0.605. The highest BCUT2D eigenvalue weighted by atomic mass is 79.9. The van der Waals surface area contributed by atoms with Gasteiger partial charge in [0.05, 0.1) is 6.61 Å². The van der Waals surface area contributed by atoms with Gasteiger partial charge in [0.1, 0.15) is 29.7 Å². The number of halogens is 1. The number of nitrogens with one attached hydrogen (secondary N) is 1. The van der Waals surface area contributed by atoms with E-state index in [1.54, 1.807) is 30.5 Å². The van der Waals surface area contributed by atoms with Gasteiger partial charge in [0.15, 0.2) is 5.76 Å². The van der Waals surface area contributed by atoms with Gasteiger partial charge in [0.2, 0.25) is 0 Å². The minimum atomic E-state index is -0.368. The molecule has 0 fully saturated rings. The van der Waals surface area contributed by atoms with E-state index in [1.165, 1.54) is 0 Å². The van der Waals surface area contributed by atoms with Crippen molar-refractivity contribution in [1.29, 1.82) is 0 Å². The molecule has 7 heteroatoms. The molecule has 2 heterocycles. The Morgan fingerprint density at radius 3 is 2.46 bits per heavy atom. The van der Waals surface area contributed by atoms with Crippen molar-refractivity contribution in [2.75, 3.05) is 11.9 Å². The van der Waals surface area contributed by atoms with Crippen LogP contribution in [0.25, 0.3) is 0 Å². The second-order valence-corrected chi connectivity index (χ2v) is 6.19. The van der Waals surface area contributed by atoms with Gasteiger partial charge in [-0.05, 0) is 71.4 Å². The molecule has 3 rings (SSSR count). The summed E-state index contributed by atoms with van der Waals surface area (Å²) in [5, 5.41) is 2.67. The number of carbonyl (C=O) groups is 1. The van der Waals surface area contributed by atoms with Gasteiger partial charge in [-0.15, -0.1) is 0 Å². The molecule has 0 bridgehead atoms. The second kappa shape index (κ2) is 8.53. The summed E-state index contributed by atoms with van der Waals surface area (Å²) in [5.41, 5.74) is 0. The molecule has 26 heavy (non-hydrogen) atoms. The average molecular weight is 417 g/mol. The maximum absolute atomic E-state index is 12.2. The summed E-state index contributed by atoms with van der Waals surface area (Å²) in [6, 6.07) is 14.1. The molecule has 134 valence electrons. The molecular weight excluding hydrogens is 400 g/mol. The lowest BCUT2D eigenvalue weighted by Gasteiger charge is -2.06. The molecule has 0 aliphatic heterocycles. The van der Waals surface area contributed by atoms with E-state index >= 15 is 0 Å². The maximum atomic E-state index is 12.2. The molecular formula is C19H17BrN2O4. The van der Waals surface area contributed by atoms with Crippen LogP contribution in [-0.2, 0) is 6.61 Å². The second-order valence-electron chi connectivity index (χ2n) is 5.27. The number of hydrogen-bond donors (Lipinski definition) is 1. The summed E-state index contributed by atoms with van der Waals surface area (Å²) in [4.78, 5) is 16.3. The van der Waals surface area contributed by atoms with Gasteiger partial charge in [-0.1, -0.05) is 0 Å². The van der Waals surface area contributed by atoms with Crippen LogP contribution in [0.15, 0.2) is 63.6 Å². The van der Waals surface area contributed by atoms with Gasteiger partial charge < -0.3 is 19.2 Å². The minimum absolute atomic E-state index is 0.194. The molecule has 3 aromatic rings. The van der Waals surface area contributed by atoms with Crippen molar-refractivity contribution in [3.8, 4) is 11.5 Å². The predicted molar refractivity (Wildman–Crippen MR) is 101 cm³/mol. The zero-order valence-electron chi connectivity index (χ0n) is 14.1. The summed E-state index contributed by atoms with van der Waals surface area (Å²) in [5.74, 6) is 2.30. The van der Waals surface area contributed by atoms with Gasteiger partial charge >= 0.3 is 0 Å². The van der Waals surface area contributed by atoms with E-state index in [1.807, 2.05) is 31.2 Å². The van der Waals surface area contributed by atoms with Crippen LogP contribution in [0.4, 0.5) is 5.82 Å². The van der Waals surface area contributed by atoms with Crippen LogP contribution in [0.2, 0.25) is 0 Å². The van der Waals surface area contributed by atoms with Gasteiger partial charge in [0, 0.05) is 10.7 Å². The van der Waals surface area contributed by atoms with Crippen LogP contribution >= 0.6 is 15.9 Å². The summed E-state index contributed by atoms with van der Waals surface area (Å²) >= 11 is 3.29. The molecule has 0 unspecified atom stereocenters. The first-order valence-electron chi connectivity index (χ1n) is 8.01. The number of amides is 1. The lowest BCUT2D eigenvalue weighted by Crippen LogP contribution is -2.11. The van der Waals surface area contributed by atoms with E-state index in [0.29, 0.717) is 23.9 Å². The zero-order valence-corrected chi connectivity index (χ0v) is 15.7. The van der Waals surface area contributed by atoms with Crippen LogP contribution in [0, 0.1) is 0 Å². The summed E-state index contributed by atoms with van der Waals surface area (Å²) in [6.07, 6.45) is 1.61. The van der Waals surface area contributed by atoms with Crippen molar-refractivity contribution in [2.24, 2.45) is 0 Å². The molecule has 0 saturated carbocycles. The van der Waals surface area contributed by atoms with E-state index in [9.17, 15) is 4.79 Å². The van der Waals surface area contributed by atoms with E-state index in [0.717, 1.165) is 10.2 Å². The third-order valence-corrected chi connectivity index (χ3v) is 3.84. The molecule has 0 radical (unpaired) electrons. The standard InChI is InChI=1S/C19H17BrN2O4/c1-2-24-14-4-6-15(7-5-14)25-12-16-8-9-17(26-16)19(23)22-18-10-3-13(20)11-21-18/h3-11H,2,12H2,1H3,(H,21,22,23). The summed E-state index contributed by atoms with van der Waals surface area (Å²) in [7, 11) is 0. The van der Waals surface area contributed by atoms with E-state index in [2.05, 4.69) is 26.2 Å². The fourth-order valence-electron chi connectivity index (χ4n) is 2.16. The third-order valence-electron chi connectivity index (χ3n) is 3.37. The number of nitrogens with zero attached hydrogens (tertiary/aromatic N) is 1. The number of anilines is 1. The number of benzene rings is 1. The zero-order chi connectivity index (χ0) is 18.4. The number of furan rings is 1. The van der Waals surface area contributed by atoms with Crippen molar-refractivity contribution in [3.05, 3.63) is 70.7 Å². The van der Waals surface area contributed by atoms with E-state index in [-0.39, 0.29) is 18.3 Å².